The Hall–Kier alpha value is -1.71. The lowest BCUT2D eigenvalue weighted by molar-refractivity contribution is -0.121. The fraction of sp³-hybridized carbons (Fsp3) is 0.562. The molecule has 1 amide bonds. The maximum atomic E-state index is 11.6. The molecule has 0 fully saturated rings. The van der Waals surface area contributed by atoms with Crippen molar-refractivity contribution < 1.29 is 14.3 Å². The van der Waals surface area contributed by atoms with E-state index in [1.807, 2.05) is 31.2 Å². The predicted molar refractivity (Wildman–Crippen MR) is 80.2 cm³/mol. The van der Waals surface area contributed by atoms with Gasteiger partial charge in [-0.25, -0.2) is 0 Å². The zero-order chi connectivity index (χ0) is 14.8. The van der Waals surface area contributed by atoms with E-state index in [4.69, 9.17) is 9.47 Å². The van der Waals surface area contributed by atoms with E-state index in [9.17, 15) is 4.79 Å². The van der Waals surface area contributed by atoms with E-state index in [1.165, 1.54) is 0 Å². The summed E-state index contributed by atoms with van der Waals surface area (Å²) in [6, 6.07) is 7.70. The predicted octanol–water partition coefficient (Wildman–Crippen LogP) is 3.16. The van der Waals surface area contributed by atoms with Crippen LogP contribution in [-0.4, -0.2) is 25.7 Å². The summed E-state index contributed by atoms with van der Waals surface area (Å²) in [6.07, 6.45) is 3.33. The van der Waals surface area contributed by atoms with Crippen LogP contribution in [0.3, 0.4) is 0 Å². The molecule has 0 unspecified atom stereocenters. The molecule has 0 spiro atoms. The smallest absolute Gasteiger partial charge is 0.220 e. The second-order valence-electron chi connectivity index (χ2n) is 4.88. The van der Waals surface area contributed by atoms with Crippen LogP contribution in [0.5, 0.6) is 11.5 Å². The van der Waals surface area contributed by atoms with Crippen molar-refractivity contribution in [3.05, 3.63) is 24.3 Å². The van der Waals surface area contributed by atoms with Crippen LogP contribution >= 0.6 is 0 Å². The zero-order valence-electron chi connectivity index (χ0n) is 12.6. The third-order valence-corrected chi connectivity index (χ3v) is 3.01. The molecule has 0 saturated carbocycles. The lowest BCUT2D eigenvalue weighted by Crippen LogP contribution is -2.32. The molecule has 0 radical (unpaired) electrons. The van der Waals surface area contributed by atoms with Crippen LogP contribution in [0, 0.1) is 0 Å². The van der Waals surface area contributed by atoms with Crippen LogP contribution in [0.25, 0.3) is 0 Å². The Morgan fingerprint density at radius 1 is 1.25 bits per heavy atom. The van der Waals surface area contributed by atoms with E-state index < -0.39 is 0 Å². The first-order valence-electron chi connectivity index (χ1n) is 7.22. The van der Waals surface area contributed by atoms with Crippen molar-refractivity contribution in [3.63, 3.8) is 0 Å². The number of carbonyl (C=O) groups excluding carboxylic acids is 1. The normalized spacial score (nSPS) is 11.8. The largest absolute Gasteiger partial charge is 0.497 e. The molecule has 0 saturated heterocycles. The highest BCUT2D eigenvalue weighted by atomic mass is 16.5. The van der Waals surface area contributed by atoms with Gasteiger partial charge in [0.2, 0.25) is 5.91 Å². The minimum Gasteiger partial charge on any atom is -0.497 e. The summed E-state index contributed by atoms with van der Waals surface area (Å²) >= 11 is 0. The van der Waals surface area contributed by atoms with Gasteiger partial charge in [0.1, 0.15) is 11.5 Å². The number of ether oxygens (including phenoxy) is 2. The number of amides is 1. The molecule has 1 aromatic rings. The molecule has 0 aliphatic rings. The van der Waals surface area contributed by atoms with E-state index in [-0.39, 0.29) is 11.9 Å². The zero-order valence-corrected chi connectivity index (χ0v) is 12.6. The minimum atomic E-state index is 0.101. The van der Waals surface area contributed by atoms with Crippen molar-refractivity contribution in [1.29, 1.82) is 0 Å². The Kier molecular flexibility index (Phi) is 7.55. The van der Waals surface area contributed by atoms with Gasteiger partial charge in [-0.2, -0.15) is 0 Å². The molecule has 20 heavy (non-hydrogen) atoms. The van der Waals surface area contributed by atoms with Gasteiger partial charge in [0.15, 0.2) is 0 Å². The van der Waals surface area contributed by atoms with Crippen molar-refractivity contribution in [3.8, 4) is 11.5 Å². The number of rotatable bonds is 9. The van der Waals surface area contributed by atoms with Crippen molar-refractivity contribution in [1.82, 2.24) is 5.32 Å². The molecule has 1 atom stereocenters. The minimum absolute atomic E-state index is 0.101. The summed E-state index contributed by atoms with van der Waals surface area (Å²) in [5.74, 6) is 1.71. The number of hydrogen-bond acceptors (Lipinski definition) is 3. The first kappa shape index (κ1) is 16.3. The average Bonchev–Trinajstić information content (AvgIpc) is 2.44. The van der Waals surface area contributed by atoms with Gasteiger partial charge in [-0.1, -0.05) is 13.3 Å². The van der Waals surface area contributed by atoms with Crippen LogP contribution in [0.15, 0.2) is 24.3 Å². The third-order valence-electron chi connectivity index (χ3n) is 3.01. The molecule has 1 rings (SSSR count). The second-order valence-corrected chi connectivity index (χ2v) is 4.88. The average molecular weight is 279 g/mol. The van der Waals surface area contributed by atoms with Gasteiger partial charge in [0.25, 0.3) is 0 Å². The standard InChI is InChI=1S/C16H25NO3/c1-4-6-13(2)17-16(18)7-5-12-20-15-10-8-14(19-3)9-11-15/h8-11,13H,4-7,12H2,1-3H3,(H,17,18)/t13-/m1/s1. The van der Waals surface area contributed by atoms with E-state index in [0.29, 0.717) is 13.0 Å². The summed E-state index contributed by atoms with van der Waals surface area (Å²) in [4.78, 5) is 11.6. The Balaban J connectivity index is 2.16. The molecule has 0 aromatic heterocycles. The molecule has 0 aliphatic carbocycles. The van der Waals surface area contributed by atoms with Crippen molar-refractivity contribution in [2.45, 2.75) is 45.6 Å². The van der Waals surface area contributed by atoms with E-state index in [1.54, 1.807) is 7.11 Å². The number of benzene rings is 1. The Morgan fingerprint density at radius 2 is 1.90 bits per heavy atom. The molecule has 0 aliphatic heterocycles. The van der Waals surface area contributed by atoms with Crippen LogP contribution in [0.2, 0.25) is 0 Å². The molecular weight excluding hydrogens is 254 g/mol. The summed E-state index contributed by atoms with van der Waals surface area (Å²) in [7, 11) is 1.63. The molecular formula is C16H25NO3. The molecule has 112 valence electrons. The fourth-order valence-electron chi connectivity index (χ4n) is 1.95. The summed E-state index contributed by atoms with van der Waals surface area (Å²) in [5.41, 5.74) is 0. The Bertz CT molecular complexity index is 389. The maximum absolute atomic E-state index is 11.6. The molecule has 1 N–H and O–H groups in total. The first-order chi connectivity index (χ1) is 9.65. The van der Waals surface area contributed by atoms with Gasteiger partial charge in [-0.05, 0) is 44.0 Å². The summed E-state index contributed by atoms with van der Waals surface area (Å²) < 4.78 is 10.6. The van der Waals surface area contributed by atoms with Gasteiger partial charge in [-0.15, -0.1) is 0 Å². The number of nitrogens with one attached hydrogen (secondary N) is 1. The number of hydrogen-bond donors (Lipinski definition) is 1. The first-order valence-corrected chi connectivity index (χ1v) is 7.22. The Labute approximate surface area is 121 Å². The lowest BCUT2D eigenvalue weighted by atomic mass is 10.2. The molecule has 0 heterocycles. The summed E-state index contributed by atoms with van der Waals surface area (Å²) in [6.45, 7) is 4.70. The van der Waals surface area contributed by atoms with Crippen LogP contribution in [-0.2, 0) is 4.79 Å². The highest BCUT2D eigenvalue weighted by Crippen LogP contribution is 2.17. The van der Waals surface area contributed by atoms with Crippen molar-refractivity contribution in [2.24, 2.45) is 0 Å². The van der Waals surface area contributed by atoms with E-state index in [2.05, 4.69) is 12.2 Å². The van der Waals surface area contributed by atoms with Gasteiger partial charge in [0.05, 0.1) is 13.7 Å². The lowest BCUT2D eigenvalue weighted by Gasteiger charge is -2.12. The van der Waals surface area contributed by atoms with E-state index >= 15 is 0 Å². The van der Waals surface area contributed by atoms with Gasteiger partial charge in [-0.3, -0.25) is 4.79 Å². The van der Waals surface area contributed by atoms with Crippen molar-refractivity contribution in [2.75, 3.05) is 13.7 Å². The highest BCUT2D eigenvalue weighted by Gasteiger charge is 2.06. The van der Waals surface area contributed by atoms with Crippen LogP contribution in [0.1, 0.15) is 39.5 Å². The Morgan fingerprint density at radius 3 is 2.50 bits per heavy atom. The highest BCUT2D eigenvalue weighted by molar-refractivity contribution is 5.76. The topological polar surface area (TPSA) is 47.6 Å². The molecule has 1 aromatic carbocycles. The van der Waals surface area contributed by atoms with Crippen LogP contribution < -0.4 is 14.8 Å². The molecule has 4 nitrogen and oxygen atoms in total. The summed E-state index contributed by atoms with van der Waals surface area (Å²) in [5, 5.41) is 2.98. The maximum Gasteiger partial charge on any atom is 0.220 e. The molecule has 4 heteroatoms. The van der Waals surface area contributed by atoms with Crippen molar-refractivity contribution >= 4 is 5.91 Å². The monoisotopic (exact) mass is 279 g/mol. The fourth-order valence-corrected chi connectivity index (χ4v) is 1.95. The van der Waals surface area contributed by atoms with E-state index in [0.717, 1.165) is 30.8 Å². The SMILES string of the molecule is CCC[C@@H](C)NC(=O)CCCOc1ccc(OC)cc1. The van der Waals surface area contributed by atoms with Gasteiger partial charge in [0, 0.05) is 12.5 Å². The molecule has 0 bridgehead atoms. The van der Waals surface area contributed by atoms with Gasteiger partial charge >= 0.3 is 0 Å². The number of carbonyl (C=O) groups is 1. The second kappa shape index (κ2) is 9.23. The number of methoxy groups -OCH3 is 1. The van der Waals surface area contributed by atoms with Crippen LogP contribution in [0.4, 0.5) is 0 Å². The van der Waals surface area contributed by atoms with Gasteiger partial charge < -0.3 is 14.8 Å². The quantitative estimate of drug-likeness (QED) is 0.706. The third kappa shape index (κ3) is 6.45.